The molecule has 0 spiro atoms. The van der Waals surface area contributed by atoms with E-state index in [0.717, 1.165) is 24.3 Å². The van der Waals surface area contributed by atoms with Gasteiger partial charge in [0.1, 0.15) is 0 Å². The molecule has 2 rings (SSSR count). The Morgan fingerprint density at radius 3 is 2.16 bits per heavy atom. The van der Waals surface area contributed by atoms with E-state index in [2.05, 4.69) is 5.32 Å². The average molecular weight is 348 g/mol. The number of alkyl halides is 3. The molecule has 0 saturated heterocycles. The Bertz CT molecular complexity index is 807. The highest BCUT2D eigenvalue weighted by Crippen LogP contribution is 2.29. The molecule has 1 amide bonds. The zero-order valence-corrected chi connectivity index (χ0v) is 12.6. The van der Waals surface area contributed by atoms with Gasteiger partial charge in [0, 0.05) is 5.69 Å². The second kappa shape index (κ2) is 7.49. The summed E-state index contributed by atoms with van der Waals surface area (Å²) in [5.74, 6) is -1.45. The zero-order valence-electron chi connectivity index (χ0n) is 12.6. The van der Waals surface area contributed by atoms with E-state index in [1.165, 1.54) is 24.3 Å². The lowest BCUT2D eigenvalue weighted by Gasteiger charge is -2.09. The highest BCUT2D eigenvalue weighted by molar-refractivity contribution is 5.95. The van der Waals surface area contributed by atoms with Gasteiger partial charge in [-0.1, -0.05) is 0 Å². The summed E-state index contributed by atoms with van der Waals surface area (Å²) in [4.78, 5) is 23.4. The maximum absolute atomic E-state index is 12.4. The van der Waals surface area contributed by atoms with Crippen LogP contribution < -0.4 is 5.32 Å². The van der Waals surface area contributed by atoms with Crippen LogP contribution in [0.5, 0.6) is 0 Å². The molecule has 0 aliphatic carbocycles. The van der Waals surface area contributed by atoms with Crippen molar-refractivity contribution in [3.63, 3.8) is 0 Å². The molecule has 0 radical (unpaired) electrons. The van der Waals surface area contributed by atoms with Gasteiger partial charge < -0.3 is 10.1 Å². The van der Waals surface area contributed by atoms with Crippen LogP contribution in [0.4, 0.5) is 18.9 Å². The van der Waals surface area contributed by atoms with Gasteiger partial charge in [0.25, 0.3) is 5.91 Å². The quantitative estimate of drug-likeness (QED) is 0.859. The molecule has 0 aromatic heterocycles. The molecule has 0 fully saturated rings. The van der Waals surface area contributed by atoms with E-state index in [4.69, 9.17) is 10.00 Å². The van der Waals surface area contributed by atoms with E-state index in [1.54, 1.807) is 0 Å². The molecule has 0 atom stereocenters. The van der Waals surface area contributed by atoms with Crippen LogP contribution in [0, 0.1) is 11.3 Å². The van der Waals surface area contributed by atoms with E-state index in [9.17, 15) is 22.8 Å². The van der Waals surface area contributed by atoms with E-state index >= 15 is 0 Å². The summed E-state index contributed by atoms with van der Waals surface area (Å²) in [7, 11) is 0. The Morgan fingerprint density at radius 1 is 1.04 bits per heavy atom. The van der Waals surface area contributed by atoms with Gasteiger partial charge in [-0.25, -0.2) is 4.79 Å². The molecule has 5 nitrogen and oxygen atoms in total. The van der Waals surface area contributed by atoms with Crippen molar-refractivity contribution in [2.45, 2.75) is 6.18 Å². The van der Waals surface area contributed by atoms with Gasteiger partial charge in [0.05, 0.1) is 22.8 Å². The summed E-state index contributed by atoms with van der Waals surface area (Å²) < 4.78 is 42.1. The van der Waals surface area contributed by atoms with Gasteiger partial charge in [-0.2, -0.15) is 18.4 Å². The number of esters is 1. The number of ether oxygens (including phenoxy) is 1. The Labute approximate surface area is 140 Å². The Kier molecular flexibility index (Phi) is 5.39. The van der Waals surface area contributed by atoms with Crippen molar-refractivity contribution < 1.29 is 27.5 Å². The minimum Gasteiger partial charge on any atom is -0.452 e. The fourth-order valence-corrected chi connectivity index (χ4v) is 1.83. The minimum absolute atomic E-state index is 0.146. The second-order valence-corrected chi connectivity index (χ2v) is 4.89. The number of amides is 1. The van der Waals surface area contributed by atoms with Crippen LogP contribution in [-0.2, 0) is 15.7 Å². The normalized spacial score (nSPS) is 10.6. The van der Waals surface area contributed by atoms with Crippen LogP contribution in [0.25, 0.3) is 0 Å². The first-order valence-electron chi connectivity index (χ1n) is 6.94. The lowest BCUT2D eigenvalue weighted by Crippen LogP contribution is -2.21. The molecule has 0 bridgehead atoms. The summed E-state index contributed by atoms with van der Waals surface area (Å²) in [6, 6.07) is 11.4. The maximum atomic E-state index is 12.4. The molecule has 0 aliphatic heterocycles. The number of hydrogen-bond donors (Lipinski definition) is 1. The molecule has 0 unspecified atom stereocenters. The molecule has 0 heterocycles. The SMILES string of the molecule is N#Cc1ccc(C(=O)OCC(=O)Nc2ccc(C(F)(F)F)cc2)cc1. The fraction of sp³-hybridized carbons (Fsp3) is 0.118. The monoisotopic (exact) mass is 348 g/mol. The van der Waals surface area contributed by atoms with Gasteiger partial charge in [-0.05, 0) is 48.5 Å². The topological polar surface area (TPSA) is 79.2 Å². The van der Waals surface area contributed by atoms with E-state index in [1.807, 2.05) is 6.07 Å². The largest absolute Gasteiger partial charge is 0.452 e. The molecule has 128 valence electrons. The Balaban J connectivity index is 1.87. The van der Waals surface area contributed by atoms with Crippen molar-refractivity contribution in [2.24, 2.45) is 0 Å². The average Bonchev–Trinajstić information content (AvgIpc) is 2.59. The molecule has 8 heteroatoms. The molecule has 2 aromatic rings. The van der Waals surface area contributed by atoms with Crippen molar-refractivity contribution in [1.29, 1.82) is 5.26 Å². The molecule has 1 N–H and O–H groups in total. The van der Waals surface area contributed by atoms with Crippen LogP contribution in [-0.4, -0.2) is 18.5 Å². The standard InChI is InChI=1S/C17H11F3N2O3/c18-17(19,20)13-5-7-14(8-6-13)22-15(23)10-25-16(24)12-3-1-11(9-21)2-4-12/h1-8H,10H2,(H,22,23). The lowest BCUT2D eigenvalue weighted by molar-refractivity contribution is -0.137. The van der Waals surface area contributed by atoms with E-state index in [0.29, 0.717) is 5.56 Å². The number of carbonyl (C=O) groups is 2. The van der Waals surface area contributed by atoms with Gasteiger partial charge in [-0.15, -0.1) is 0 Å². The highest BCUT2D eigenvalue weighted by atomic mass is 19.4. The number of benzene rings is 2. The van der Waals surface area contributed by atoms with Crippen molar-refractivity contribution in [2.75, 3.05) is 11.9 Å². The number of anilines is 1. The smallest absolute Gasteiger partial charge is 0.416 e. The number of carbonyl (C=O) groups excluding carboxylic acids is 2. The first kappa shape index (κ1) is 18.0. The predicted molar refractivity (Wildman–Crippen MR) is 81.5 cm³/mol. The summed E-state index contributed by atoms with van der Waals surface area (Å²) in [6.07, 6.45) is -4.46. The first-order valence-corrected chi connectivity index (χ1v) is 6.94. The van der Waals surface area contributed by atoms with Crippen LogP contribution >= 0.6 is 0 Å². The number of nitriles is 1. The Morgan fingerprint density at radius 2 is 1.64 bits per heavy atom. The summed E-state index contributed by atoms with van der Waals surface area (Å²) in [6.45, 7) is -0.597. The van der Waals surface area contributed by atoms with Gasteiger partial charge >= 0.3 is 12.1 Å². The zero-order chi connectivity index (χ0) is 18.4. The molecule has 0 aliphatic rings. The Hall–Kier alpha value is -3.34. The summed E-state index contributed by atoms with van der Waals surface area (Å²) in [5.41, 5.74) is -0.150. The number of rotatable bonds is 4. The van der Waals surface area contributed by atoms with E-state index < -0.39 is 30.2 Å². The molecule has 0 saturated carbocycles. The highest BCUT2D eigenvalue weighted by Gasteiger charge is 2.29. The summed E-state index contributed by atoms with van der Waals surface area (Å²) >= 11 is 0. The maximum Gasteiger partial charge on any atom is 0.416 e. The lowest BCUT2D eigenvalue weighted by atomic mass is 10.1. The number of nitrogens with one attached hydrogen (secondary N) is 1. The number of nitrogens with zero attached hydrogens (tertiary/aromatic N) is 1. The molecular weight excluding hydrogens is 337 g/mol. The predicted octanol–water partition coefficient (Wildman–Crippen LogP) is 3.37. The van der Waals surface area contributed by atoms with Crippen molar-refractivity contribution >= 4 is 17.6 Å². The van der Waals surface area contributed by atoms with Crippen molar-refractivity contribution in [1.82, 2.24) is 0 Å². The van der Waals surface area contributed by atoms with Gasteiger partial charge in [-0.3, -0.25) is 4.79 Å². The number of hydrogen-bond acceptors (Lipinski definition) is 4. The van der Waals surface area contributed by atoms with Crippen LogP contribution in [0.3, 0.4) is 0 Å². The third-order valence-corrected chi connectivity index (χ3v) is 3.08. The number of halogens is 3. The van der Waals surface area contributed by atoms with Crippen LogP contribution in [0.1, 0.15) is 21.5 Å². The fourth-order valence-electron chi connectivity index (χ4n) is 1.83. The second-order valence-electron chi connectivity index (χ2n) is 4.89. The third kappa shape index (κ3) is 5.07. The molecular formula is C17H11F3N2O3. The molecule has 2 aromatic carbocycles. The first-order chi connectivity index (χ1) is 11.8. The van der Waals surface area contributed by atoms with E-state index in [-0.39, 0.29) is 11.3 Å². The van der Waals surface area contributed by atoms with Gasteiger partial charge in [0.2, 0.25) is 0 Å². The minimum atomic E-state index is -4.46. The van der Waals surface area contributed by atoms with Crippen molar-refractivity contribution in [3.8, 4) is 6.07 Å². The van der Waals surface area contributed by atoms with Crippen molar-refractivity contribution in [3.05, 3.63) is 65.2 Å². The van der Waals surface area contributed by atoms with Crippen LogP contribution in [0.15, 0.2) is 48.5 Å². The summed E-state index contributed by atoms with van der Waals surface area (Å²) in [5, 5.41) is 11.0. The van der Waals surface area contributed by atoms with Crippen LogP contribution in [0.2, 0.25) is 0 Å². The third-order valence-electron chi connectivity index (χ3n) is 3.08. The van der Waals surface area contributed by atoms with Gasteiger partial charge in [0.15, 0.2) is 6.61 Å². The molecule has 25 heavy (non-hydrogen) atoms.